The maximum atomic E-state index is 12.5. The Kier molecular flexibility index (Phi) is 7.74. The van der Waals surface area contributed by atoms with Gasteiger partial charge in [0, 0.05) is 13.7 Å². The van der Waals surface area contributed by atoms with Crippen LogP contribution in [0.4, 0.5) is 0 Å². The minimum Gasteiger partial charge on any atom is -0.375 e. The molecular weight excluding hydrogens is 332 g/mol. The first kappa shape index (κ1) is 20.1. The van der Waals surface area contributed by atoms with Crippen molar-refractivity contribution in [2.45, 2.75) is 38.6 Å². The quantitative estimate of drug-likeness (QED) is 0.622. The highest BCUT2D eigenvalue weighted by Crippen LogP contribution is 2.19. The highest BCUT2D eigenvalue weighted by Gasteiger charge is 2.23. The number of nitrogens with one attached hydrogen (secondary N) is 1. The predicted octanol–water partition coefficient (Wildman–Crippen LogP) is 1.26. The van der Waals surface area contributed by atoms with Crippen molar-refractivity contribution in [3.05, 3.63) is 40.4 Å². The van der Waals surface area contributed by atoms with Crippen molar-refractivity contribution in [3.63, 3.8) is 0 Å². The molecule has 0 aliphatic rings. The Bertz CT molecular complexity index is 775. The SMILES string of the molecule is COCC(=O)N(CCCCCC[NH3+])[C@H](C)c1nc2ccccc2c(=O)[nH]1. The fourth-order valence-corrected chi connectivity index (χ4v) is 3.00. The fraction of sp³-hybridized carbons (Fsp3) is 0.526. The topological polar surface area (TPSA) is 103 Å². The fourth-order valence-electron chi connectivity index (χ4n) is 3.00. The van der Waals surface area contributed by atoms with Gasteiger partial charge in [0.2, 0.25) is 5.91 Å². The smallest absolute Gasteiger partial charge is 0.258 e. The van der Waals surface area contributed by atoms with Gasteiger partial charge in [0.1, 0.15) is 12.4 Å². The van der Waals surface area contributed by atoms with Gasteiger partial charge in [0.05, 0.1) is 23.5 Å². The molecule has 7 heteroatoms. The number of methoxy groups -OCH3 is 1. The number of hydrogen-bond acceptors (Lipinski definition) is 4. The summed E-state index contributed by atoms with van der Waals surface area (Å²) in [7, 11) is 1.51. The number of quaternary nitrogens is 1. The summed E-state index contributed by atoms with van der Waals surface area (Å²) in [4.78, 5) is 33.9. The molecule has 2 aromatic rings. The number of amides is 1. The van der Waals surface area contributed by atoms with Crippen LogP contribution < -0.4 is 11.3 Å². The van der Waals surface area contributed by atoms with Gasteiger partial charge in [0.15, 0.2) is 0 Å². The summed E-state index contributed by atoms with van der Waals surface area (Å²) >= 11 is 0. The summed E-state index contributed by atoms with van der Waals surface area (Å²) < 4.78 is 5.02. The Morgan fingerprint density at radius 3 is 2.73 bits per heavy atom. The monoisotopic (exact) mass is 361 g/mol. The lowest BCUT2D eigenvalue weighted by molar-refractivity contribution is -0.368. The Hall–Kier alpha value is -2.25. The molecule has 0 saturated heterocycles. The largest absolute Gasteiger partial charge is 0.375 e. The summed E-state index contributed by atoms with van der Waals surface area (Å²) in [5.74, 6) is 0.392. The van der Waals surface area contributed by atoms with Crippen LogP contribution >= 0.6 is 0 Å². The Balaban J connectivity index is 2.20. The number of ether oxygens (including phenoxy) is 1. The van der Waals surface area contributed by atoms with E-state index >= 15 is 0 Å². The van der Waals surface area contributed by atoms with Crippen LogP contribution in [0, 0.1) is 0 Å². The van der Waals surface area contributed by atoms with Crippen LogP contribution in [0.1, 0.15) is 44.5 Å². The zero-order valence-electron chi connectivity index (χ0n) is 15.7. The zero-order valence-corrected chi connectivity index (χ0v) is 15.7. The molecule has 26 heavy (non-hydrogen) atoms. The van der Waals surface area contributed by atoms with Gasteiger partial charge in [-0.05, 0) is 38.3 Å². The lowest BCUT2D eigenvalue weighted by Gasteiger charge is -2.28. The average Bonchev–Trinajstić information content (AvgIpc) is 2.64. The van der Waals surface area contributed by atoms with E-state index in [-0.39, 0.29) is 24.1 Å². The number of nitrogens with zero attached hydrogens (tertiary/aromatic N) is 2. The molecule has 4 N–H and O–H groups in total. The van der Waals surface area contributed by atoms with Crippen molar-refractivity contribution in [2.24, 2.45) is 0 Å². The van der Waals surface area contributed by atoms with Gasteiger partial charge >= 0.3 is 0 Å². The number of carbonyl (C=O) groups is 1. The van der Waals surface area contributed by atoms with E-state index in [1.807, 2.05) is 19.1 Å². The van der Waals surface area contributed by atoms with Crippen molar-refractivity contribution in [2.75, 3.05) is 26.8 Å². The first-order chi connectivity index (χ1) is 12.6. The van der Waals surface area contributed by atoms with Crippen LogP contribution in [-0.4, -0.2) is 47.6 Å². The summed E-state index contributed by atoms with van der Waals surface area (Å²) in [5, 5.41) is 0.548. The molecule has 1 aromatic heterocycles. The first-order valence-corrected chi connectivity index (χ1v) is 9.15. The number of H-pyrrole nitrogens is 1. The summed E-state index contributed by atoms with van der Waals surface area (Å²) in [6.07, 6.45) is 4.15. The van der Waals surface area contributed by atoms with Crippen LogP contribution in [0.25, 0.3) is 10.9 Å². The third-order valence-electron chi connectivity index (χ3n) is 4.48. The number of fused-ring (bicyclic) bond motifs is 1. The van der Waals surface area contributed by atoms with Crippen LogP contribution in [0.15, 0.2) is 29.1 Å². The third kappa shape index (κ3) is 5.12. The molecule has 0 radical (unpaired) electrons. The van der Waals surface area contributed by atoms with Crippen LogP contribution in [0.3, 0.4) is 0 Å². The Morgan fingerprint density at radius 2 is 2.00 bits per heavy atom. The summed E-state index contributed by atoms with van der Waals surface area (Å²) in [5.41, 5.74) is 4.29. The van der Waals surface area contributed by atoms with Crippen LogP contribution in [-0.2, 0) is 9.53 Å². The molecule has 0 bridgehead atoms. The molecule has 1 aromatic carbocycles. The molecule has 0 spiro atoms. The number of unbranched alkanes of at least 4 members (excludes halogenated alkanes) is 3. The van der Waals surface area contributed by atoms with Crippen molar-refractivity contribution in [1.82, 2.24) is 14.9 Å². The van der Waals surface area contributed by atoms with Crippen molar-refractivity contribution >= 4 is 16.8 Å². The molecule has 1 atom stereocenters. The van der Waals surface area contributed by atoms with Crippen molar-refractivity contribution in [1.29, 1.82) is 0 Å². The van der Waals surface area contributed by atoms with E-state index in [1.54, 1.807) is 17.0 Å². The number of hydrogen-bond donors (Lipinski definition) is 2. The molecule has 0 fully saturated rings. The maximum absolute atomic E-state index is 12.5. The second-order valence-corrected chi connectivity index (χ2v) is 6.43. The molecule has 0 aliphatic heterocycles. The second kappa shape index (κ2) is 10.0. The van der Waals surface area contributed by atoms with E-state index in [1.165, 1.54) is 7.11 Å². The Labute approximate surface area is 153 Å². The second-order valence-electron chi connectivity index (χ2n) is 6.43. The van der Waals surface area contributed by atoms with E-state index in [9.17, 15) is 9.59 Å². The zero-order chi connectivity index (χ0) is 18.9. The molecule has 1 amide bonds. The van der Waals surface area contributed by atoms with Gasteiger partial charge in [-0.15, -0.1) is 0 Å². The minimum atomic E-state index is -0.331. The molecular formula is C19H29N4O3+. The van der Waals surface area contributed by atoms with E-state index in [4.69, 9.17) is 4.74 Å². The molecule has 0 aliphatic carbocycles. The van der Waals surface area contributed by atoms with Crippen LogP contribution in [0.2, 0.25) is 0 Å². The first-order valence-electron chi connectivity index (χ1n) is 9.15. The third-order valence-corrected chi connectivity index (χ3v) is 4.48. The van der Waals surface area contributed by atoms with Gasteiger partial charge in [0.25, 0.3) is 5.56 Å². The molecule has 2 rings (SSSR count). The van der Waals surface area contributed by atoms with E-state index < -0.39 is 0 Å². The van der Waals surface area contributed by atoms with Gasteiger partial charge < -0.3 is 20.4 Å². The predicted molar refractivity (Wildman–Crippen MR) is 101 cm³/mol. The standard InChI is InChI=1S/C19H28N4O3/c1-14(18-21-16-10-6-5-9-15(16)19(25)22-18)23(17(24)13-26-2)12-8-4-3-7-11-20/h5-6,9-10,14H,3-4,7-8,11-13,20H2,1-2H3,(H,21,22,25)/p+1/t14-/m1/s1. The Morgan fingerprint density at radius 1 is 1.27 bits per heavy atom. The lowest BCUT2D eigenvalue weighted by Crippen LogP contribution is -2.50. The number of benzene rings is 1. The van der Waals surface area contributed by atoms with E-state index in [2.05, 4.69) is 15.7 Å². The maximum Gasteiger partial charge on any atom is 0.258 e. The number of rotatable bonds is 10. The average molecular weight is 361 g/mol. The lowest BCUT2D eigenvalue weighted by atomic mass is 10.1. The normalized spacial score (nSPS) is 12.3. The molecule has 7 nitrogen and oxygen atoms in total. The summed E-state index contributed by atoms with van der Waals surface area (Å²) in [6, 6.07) is 6.87. The van der Waals surface area contributed by atoms with E-state index in [0.29, 0.717) is 23.3 Å². The molecule has 142 valence electrons. The highest BCUT2D eigenvalue weighted by atomic mass is 16.5. The van der Waals surface area contributed by atoms with Crippen molar-refractivity contribution in [3.8, 4) is 0 Å². The summed E-state index contributed by atoms with van der Waals surface area (Å²) in [6.45, 7) is 3.44. The highest BCUT2D eigenvalue weighted by molar-refractivity contribution is 5.79. The number of carbonyl (C=O) groups excluding carboxylic acids is 1. The molecule has 0 unspecified atom stereocenters. The molecule has 1 heterocycles. The minimum absolute atomic E-state index is 0.0149. The van der Waals surface area contributed by atoms with Gasteiger partial charge in [-0.25, -0.2) is 4.98 Å². The van der Waals surface area contributed by atoms with Gasteiger partial charge in [-0.2, -0.15) is 0 Å². The molecule has 0 saturated carbocycles. The van der Waals surface area contributed by atoms with Crippen LogP contribution in [0.5, 0.6) is 0 Å². The van der Waals surface area contributed by atoms with Crippen molar-refractivity contribution < 1.29 is 15.3 Å². The number of aromatic nitrogens is 2. The van der Waals surface area contributed by atoms with E-state index in [0.717, 1.165) is 32.2 Å². The number of aromatic amines is 1. The van der Waals surface area contributed by atoms with Gasteiger partial charge in [-0.3, -0.25) is 9.59 Å². The number of para-hydroxylation sites is 1. The van der Waals surface area contributed by atoms with Gasteiger partial charge in [-0.1, -0.05) is 18.6 Å².